The zero-order chi connectivity index (χ0) is 19.2. The Hall–Kier alpha value is -2.76. The minimum atomic E-state index is -0.329. The molecule has 3 rings (SSSR count). The molecule has 1 N–H and O–H groups in total. The number of amides is 1. The van der Waals surface area contributed by atoms with E-state index in [2.05, 4.69) is 17.9 Å². The number of carbonyl (C=O) groups is 2. The van der Waals surface area contributed by atoms with Gasteiger partial charge in [0.1, 0.15) is 10.6 Å². The summed E-state index contributed by atoms with van der Waals surface area (Å²) in [5.74, 6) is -0.245. The van der Waals surface area contributed by atoms with Crippen molar-refractivity contribution in [2.45, 2.75) is 4.90 Å². The van der Waals surface area contributed by atoms with Gasteiger partial charge in [0.15, 0.2) is 12.4 Å². The second-order valence-electron chi connectivity index (χ2n) is 5.75. The van der Waals surface area contributed by atoms with E-state index in [0.29, 0.717) is 27.6 Å². The summed E-state index contributed by atoms with van der Waals surface area (Å²) in [5, 5.41) is 3.15. The number of ether oxygens (including phenoxy) is 1. The number of halogens is 1. The van der Waals surface area contributed by atoms with Crippen LogP contribution in [0.3, 0.4) is 0 Å². The monoisotopic (exact) mass is 398 g/mol. The van der Waals surface area contributed by atoms with Crippen molar-refractivity contribution in [3.8, 4) is 5.75 Å². The fourth-order valence-electron chi connectivity index (χ4n) is 2.44. The van der Waals surface area contributed by atoms with E-state index in [1.165, 1.54) is 0 Å². The maximum atomic E-state index is 12.7. The maximum absolute atomic E-state index is 12.7. The van der Waals surface area contributed by atoms with Crippen LogP contribution in [0.25, 0.3) is 0 Å². The van der Waals surface area contributed by atoms with Crippen molar-refractivity contribution in [2.24, 2.45) is 0 Å². The summed E-state index contributed by atoms with van der Waals surface area (Å²) < 4.78 is 5.59. The average Bonchev–Trinajstić information content (AvgIpc) is 2.69. The number of hydrogen-bond donors (Lipinski definition) is 1. The summed E-state index contributed by atoms with van der Waals surface area (Å²) in [5.41, 5.74) is 1.48. The number of anilines is 1. The minimum absolute atomic E-state index is 0.221. The Kier molecular flexibility index (Phi) is 6.16. The van der Waals surface area contributed by atoms with Crippen LogP contribution in [0.5, 0.6) is 5.75 Å². The molecule has 6 heteroatoms. The Morgan fingerprint density at radius 1 is 0.963 bits per heavy atom. The highest BCUT2D eigenvalue weighted by atomic mass is 35.5. The number of benzene rings is 3. The van der Waals surface area contributed by atoms with Gasteiger partial charge >= 0.3 is 0 Å². The van der Waals surface area contributed by atoms with Crippen LogP contribution in [0, 0.1) is 0 Å². The van der Waals surface area contributed by atoms with Crippen LogP contribution >= 0.6 is 11.6 Å². The number of rotatable bonds is 6. The van der Waals surface area contributed by atoms with Gasteiger partial charge in [0.25, 0.3) is 5.91 Å². The number of ketones is 1. The van der Waals surface area contributed by atoms with E-state index in [4.69, 9.17) is 16.3 Å². The zero-order valence-corrected chi connectivity index (χ0v) is 16.0. The van der Waals surface area contributed by atoms with E-state index in [1.807, 2.05) is 18.2 Å². The predicted molar refractivity (Wildman–Crippen MR) is 110 cm³/mol. The third-order valence-electron chi connectivity index (χ3n) is 3.75. The summed E-state index contributed by atoms with van der Waals surface area (Å²) in [6, 6.07) is 20.8. The average molecular weight is 399 g/mol. The summed E-state index contributed by atoms with van der Waals surface area (Å²) >= 11 is 9.43. The van der Waals surface area contributed by atoms with Crippen LogP contribution in [-0.4, -0.2) is 18.3 Å². The lowest BCUT2D eigenvalue weighted by molar-refractivity contribution is -0.118. The molecule has 0 heterocycles. The highest BCUT2D eigenvalue weighted by molar-refractivity contribution is 7.58. The first-order valence-electron chi connectivity index (χ1n) is 8.16. The largest absolute Gasteiger partial charge is 0.483 e. The van der Waals surface area contributed by atoms with Gasteiger partial charge in [-0.3, -0.25) is 9.59 Å². The van der Waals surface area contributed by atoms with Crippen LogP contribution in [0.15, 0.2) is 77.7 Å². The fourth-order valence-corrected chi connectivity index (χ4v) is 2.78. The summed E-state index contributed by atoms with van der Waals surface area (Å²) in [4.78, 5) is 25.8. The molecule has 0 aliphatic heterocycles. The molecule has 0 aromatic heterocycles. The molecule has 3 aromatic carbocycles. The molecule has 0 unspecified atom stereocenters. The first-order chi connectivity index (χ1) is 13.0. The second kappa shape index (κ2) is 8.75. The quantitative estimate of drug-likeness (QED) is 0.505. The van der Waals surface area contributed by atoms with Crippen molar-refractivity contribution in [2.75, 3.05) is 11.9 Å². The predicted octanol–water partition coefficient (Wildman–Crippen LogP) is 3.96. The minimum Gasteiger partial charge on any atom is -0.483 e. The summed E-state index contributed by atoms with van der Waals surface area (Å²) in [7, 11) is 0. The van der Waals surface area contributed by atoms with Gasteiger partial charge in [-0.1, -0.05) is 41.9 Å². The Bertz CT molecular complexity index is 959. The second-order valence-corrected chi connectivity index (χ2v) is 6.76. The smallest absolute Gasteiger partial charge is 0.262 e. The number of hydrogen-bond acceptors (Lipinski definition) is 3. The SMILES string of the molecule is O=C(COc1ccc(Cl)cc1C(=O)c1ccccc1)Nc1ccc([SH2+])cc1. The first-order valence-corrected chi connectivity index (χ1v) is 9.04. The lowest BCUT2D eigenvalue weighted by Crippen LogP contribution is -2.21. The van der Waals surface area contributed by atoms with Gasteiger partial charge in [0, 0.05) is 16.3 Å². The molecule has 0 saturated heterocycles. The fraction of sp³-hybridized carbons (Fsp3) is 0.0476. The van der Waals surface area contributed by atoms with E-state index in [1.54, 1.807) is 54.6 Å². The zero-order valence-electron chi connectivity index (χ0n) is 14.2. The standard InChI is InChI=1S/C21H16ClNO3S/c22-15-6-11-19(18(12-15)21(25)14-4-2-1-3-5-14)26-13-20(24)23-16-7-9-17(27)10-8-16/h1-12,27H,13H2,(H,23,24)/p+1. The van der Waals surface area contributed by atoms with E-state index in [9.17, 15) is 9.59 Å². The van der Waals surface area contributed by atoms with E-state index in [0.717, 1.165) is 4.90 Å². The van der Waals surface area contributed by atoms with Gasteiger partial charge in [0.05, 0.1) is 5.56 Å². The van der Waals surface area contributed by atoms with E-state index >= 15 is 0 Å². The molecule has 4 nitrogen and oxygen atoms in total. The third-order valence-corrected chi connectivity index (χ3v) is 4.32. The van der Waals surface area contributed by atoms with Crippen LogP contribution < -0.4 is 10.1 Å². The Morgan fingerprint density at radius 2 is 1.67 bits per heavy atom. The molecule has 27 heavy (non-hydrogen) atoms. The molecule has 0 radical (unpaired) electrons. The Balaban J connectivity index is 1.72. The molecular weight excluding hydrogens is 382 g/mol. The van der Waals surface area contributed by atoms with Gasteiger partial charge in [-0.2, -0.15) is 0 Å². The highest BCUT2D eigenvalue weighted by Gasteiger charge is 2.16. The van der Waals surface area contributed by atoms with Crippen LogP contribution in [0.2, 0.25) is 5.02 Å². The van der Waals surface area contributed by atoms with Crippen molar-refractivity contribution < 1.29 is 14.3 Å². The molecule has 0 bridgehead atoms. The van der Waals surface area contributed by atoms with Crippen LogP contribution in [0.1, 0.15) is 15.9 Å². The molecular formula is C21H17ClNO3S+. The highest BCUT2D eigenvalue weighted by Crippen LogP contribution is 2.25. The molecule has 0 aliphatic carbocycles. The third kappa shape index (κ3) is 5.12. The van der Waals surface area contributed by atoms with Crippen molar-refractivity contribution >= 4 is 41.6 Å². The van der Waals surface area contributed by atoms with E-state index < -0.39 is 0 Å². The van der Waals surface area contributed by atoms with Crippen LogP contribution in [-0.2, 0) is 17.4 Å². The molecule has 3 aromatic rings. The van der Waals surface area contributed by atoms with Crippen molar-refractivity contribution in [3.63, 3.8) is 0 Å². The molecule has 0 spiro atoms. The molecule has 0 aliphatic rings. The summed E-state index contributed by atoms with van der Waals surface area (Å²) in [6.07, 6.45) is 0. The van der Waals surface area contributed by atoms with E-state index in [-0.39, 0.29) is 18.3 Å². The van der Waals surface area contributed by atoms with Crippen LogP contribution in [0.4, 0.5) is 5.69 Å². The normalized spacial score (nSPS) is 10.3. The van der Waals surface area contributed by atoms with Crippen molar-refractivity contribution in [3.05, 3.63) is 88.9 Å². The van der Waals surface area contributed by atoms with Gasteiger partial charge in [-0.15, -0.1) is 0 Å². The number of nitrogens with one attached hydrogen (secondary N) is 1. The van der Waals surface area contributed by atoms with Crippen molar-refractivity contribution in [1.29, 1.82) is 0 Å². The lowest BCUT2D eigenvalue weighted by atomic mass is 10.0. The van der Waals surface area contributed by atoms with Gasteiger partial charge in [-0.05, 0) is 55.1 Å². The molecule has 0 atom stereocenters. The van der Waals surface area contributed by atoms with Gasteiger partial charge in [-0.25, -0.2) is 0 Å². The Labute approximate surface area is 167 Å². The molecule has 0 saturated carbocycles. The molecule has 0 fully saturated rings. The molecule has 1 amide bonds. The molecule has 136 valence electrons. The first kappa shape index (κ1) is 19.0. The maximum Gasteiger partial charge on any atom is 0.262 e. The van der Waals surface area contributed by atoms with Gasteiger partial charge < -0.3 is 10.1 Å². The Morgan fingerprint density at radius 3 is 2.37 bits per heavy atom. The number of carbonyl (C=O) groups excluding carboxylic acids is 2. The van der Waals surface area contributed by atoms with Crippen molar-refractivity contribution in [1.82, 2.24) is 0 Å². The van der Waals surface area contributed by atoms with Gasteiger partial charge in [0.2, 0.25) is 0 Å². The lowest BCUT2D eigenvalue weighted by Gasteiger charge is -2.12. The topological polar surface area (TPSA) is 55.4 Å². The summed E-state index contributed by atoms with van der Waals surface area (Å²) in [6.45, 7) is -0.230.